The molecule has 0 aliphatic rings. The van der Waals surface area contributed by atoms with E-state index in [1.54, 1.807) is 0 Å². The van der Waals surface area contributed by atoms with Crippen LogP contribution in [-0.4, -0.2) is 4.57 Å². The van der Waals surface area contributed by atoms with E-state index in [0.29, 0.717) is 0 Å². The van der Waals surface area contributed by atoms with E-state index >= 15 is 0 Å². The summed E-state index contributed by atoms with van der Waals surface area (Å²) in [6, 6.07) is 63.5. The van der Waals surface area contributed by atoms with Gasteiger partial charge in [-0.3, -0.25) is 0 Å². The first-order valence-electron chi connectivity index (χ1n) is 17.8. The van der Waals surface area contributed by atoms with Gasteiger partial charge in [0.05, 0.1) is 11.0 Å². The summed E-state index contributed by atoms with van der Waals surface area (Å²) in [7, 11) is 0. The van der Waals surface area contributed by atoms with Crippen molar-refractivity contribution in [2.45, 2.75) is 20.3 Å². The largest absolute Gasteiger partial charge is 0.311 e. The van der Waals surface area contributed by atoms with Crippen molar-refractivity contribution in [1.82, 2.24) is 4.57 Å². The van der Waals surface area contributed by atoms with Gasteiger partial charge in [0, 0.05) is 33.5 Å². The molecule has 0 saturated heterocycles. The van der Waals surface area contributed by atoms with Crippen LogP contribution >= 0.6 is 0 Å². The average Bonchev–Trinajstić information content (AvgIpc) is 3.53. The first kappa shape index (κ1) is 31.9. The Kier molecular flexibility index (Phi) is 8.89. The highest BCUT2D eigenvalue weighted by Crippen LogP contribution is 2.39. The minimum absolute atomic E-state index is 0.980. The molecule has 7 aromatic carbocycles. The van der Waals surface area contributed by atoms with Crippen LogP contribution in [0.4, 0.5) is 11.4 Å². The zero-order chi connectivity index (χ0) is 34.6. The van der Waals surface area contributed by atoms with Crippen LogP contribution in [-0.2, 0) is 0 Å². The van der Waals surface area contributed by atoms with Crippen molar-refractivity contribution < 1.29 is 0 Å². The third-order valence-electron chi connectivity index (χ3n) is 9.66. The van der Waals surface area contributed by atoms with E-state index in [9.17, 15) is 0 Å². The Balaban J connectivity index is 1.21. The predicted molar refractivity (Wildman–Crippen MR) is 219 cm³/mol. The van der Waals surface area contributed by atoms with E-state index in [4.69, 9.17) is 0 Å². The molecule has 51 heavy (non-hydrogen) atoms. The Morgan fingerprint density at radius 3 is 1.61 bits per heavy atom. The third kappa shape index (κ3) is 6.29. The van der Waals surface area contributed by atoms with E-state index in [1.807, 2.05) is 0 Å². The van der Waals surface area contributed by atoms with E-state index in [2.05, 4.69) is 217 Å². The smallest absolute Gasteiger partial charge is 0.0561 e. The highest BCUT2D eigenvalue weighted by molar-refractivity contribution is 6.11. The summed E-state index contributed by atoms with van der Waals surface area (Å²) >= 11 is 0. The van der Waals surface area contributed by atoms with Gasteiger partial charge in [-0.2, -0.15) is 0 Å². The molecule has 1 aromatic heterocycles. The molecular weight excluding hydrogens is 617 g/mol. The molecule has 246 valence electrons. The van der Waals surface area contributed by atoms with Gasteiger partial charge >= 0.3 is 0 Å². The van der Waals surface area contributed by atoms with Crippen LogP contribution in [0.1, 0.15) is 20.3 Å². The van der Waals surface area contributed by atoms with Gasteiger partial charge < -0.3 is 9.47 Å². The second-order valence-corrected chi connectivity index (χ2v) is 12.8. The van der Waals surface area contributed by atoms with Crippen LogP contribution in [0.25, 0.3) is 60.9 Å². The molecule has 1 heterocycles. The Bertz CT molecular complexity index is 2470. The maximum atomic E-state index is 2.40. The fourth-order valence-electron chi connectivity index (χ4n) is 7.09. The Labute approximate surface area is 300 Å². The molecule has 0 aliphatic carbocycles. The van der Waals surface area contributed by atoms with Crippen molar-refractivity contribution in [2.75, 3.05) is 4.90 Å². The van der Waals surface area contributed by atoms with Crippen LogP contribution in [0.2, 0.25) is 0 Å². The molecule has 0 bridgehead atoms. The molecule has 0 unspecified atom stereocenters. The van der Waals surface area contributed by atoms with Gasteiger partial charge in [0.2, 0.25) is 0 Å². The van der Waals surface area contributed by atoms with Crippen molar-refractivity contribution in [1.29, 1.82) is 0 Å². The monoisotopic (exact) mass is 656 g/mol. The zero-order valence-electron chi connectivity index (χ0n) is 29.1. The SMILES string of the molecule is C/C=C(\C=C/CC)N(c1ccccc1)c1ccc2c3cc(-c4ccc(-c5ccc(-c6ccccc6)cc5)cc4)ccc3n(-c3ccccc3)c2c1. The van der Waals surface area contributed by atoms with E-state index in [1.165, 1.54) is 55.2 Å². The van der Waals surface area contributed by atoms with E-state index < -0.39 is 0 Å². The standard InChI is InChI=1S/C49H40N2/c1-3-5-17-42(4-2)50(43-18-11-7-12-19-43)45-31-32-46-47-34-41(30-33-48(47)51(49(46)35-45)44-20-13-8-14-21-44)40-28-26-39(27-29-40)38-24-22-37(23-25-38)36-15-9-6-10-16-36/h4-35H,3H2,1-2H3/b17-5-,42-4+. The lowest BCUT2D eigenvalue weighted by atomic mass is 9.97. The van der Waals surface area contributed by atoms with Crippen molar-refractivity contribution in [3.8, 4) is 39.1 Å². The molecule has 8 aromatic rings. The van der Waals surface area contributed by atoms with Gasteiger partial charge in [-0.1, -0.05) is 146 Å². The summed E-state index contributed by atoms with van der Waals surface area (Å²) in [6.07, 6.45) is 7.61. The van der Waals surface area contributed by atoms with Gasteiger partial charge in [0.25, 0.3) is 0 Å². The summed E-state index contributed by atoms with van der Waals surface area (Å²) in [4.78, 5) is 2.35. The van der Waals surface area contributed by atoms with Gasteiger partial charge in [-0.15, -0.1) is 0 Å². The molecule has 8 rings (SSSR count). The van der Waals surface area contributed by atoms with Crippen molar-refractivity contribution in [3.05, 3.63) is 200 Å². The summed E-state index contributed by atoms with van der Waals surface area (Å²) in [5, 5.41) is 2.47. The number of hydrogen-bond acceptors (Lipinski definition) is 1. The molecule has 0 radical (unpaired) electrons. The summed E-state index contributed by atoms with van der Waals surface area (Å²) in [5.74, 6) is 0. The highest BCUT2D eigenvalue weighted by Gasteiger charge is 2.18. The fraction of sp³-hybridized carbons (Fsp3) is 0.0612. The first-order valence-corrected chi connectivity index (χ1v) is 17.8. The molecule has 0 N–H and O–H groups in total. The Morgan fingerprint density at radius 2 is 1.02 bits per heavy atom. The number of rotatable bonds is 9. The lowest BCUT2D eigenvalue weighted by Gasteiger charge is -2.26. The van der Waals surface area contributed by atoms with Crippen LogP contribution in [0.15, 0.2) is 200 Å². The van der Waals surface area contributed by atoms with E-state index in [-0.39, 0.29) is 0 Å². The van der Waals surface area contributed by atoms with Gasteiger partial charge in [-0.25, -0.2) is 0 Å². The molecule has 0 amide bonds. The molecule has 0 saturated carbocycles. The predicted octanol–water partition coefficient (Wildman–Crippen LogP) is 13.8. The number of fused-ring (bicyclic) bond motifs is 3. The van der Waals surface area contributed by atoms with Crippen molar-refractivity contribution in [3.63, 3.8) is 0 Å². The normalized spacial score (nSPS) is 11.8. The Morgan fingerprint density at radius 1 is 0.490 bits per heavy atom. The summed E-state index contributed by atoms with van der Waals surface area (Å²) in [5.41, 5.74) is 14.2. The summed E-state index contributed by atoms with van der Waals surface area (Å²) in [6.45, 7) is 4.29. The van der Waals surface area contributed by atoms with Gasteiger partial charge in [-0.05, 0) is 101 Å². The molecule has 2 nitrogen and oxygen atoms in total. The number of hydrogen-bond donors (Lipinski definition) is 0. The summed E-state index contributed by atoms with van der Waals surface area (Å²) < 4.78 is 2.40. The third-order valence-corrected chi connectivity index (χ3v) is 9.66. The molecule has 0 fully saturated rings. The quantitative estimate of drug-likeness (QED) is 0.140. The van der Waals surface area contributed by atoms with Crippen LogP contribution < -0.4 is 4.90 Å². The minimum atomic E-state index is 0.980. The maximum Gasteiger partial charge on any atom is 0.0561 e. The first-order chi connectivity index (χ1) is 25.2. The number of anilines is 2. The number of allylic oxidation sites excluding steroid dienone is 3. The van der Waals surface area contributed by atoms with Crippen LogP contribution in [0.3, 0.4) is 0 Å². The molecular formula is C49H40N2. The fourth-order valence-corrected chi connectivity index (χ4v) is 7.09. The minimum Gasteiger partial charge on any atom is -0.311 e. The van der Waals surface area contributed by atoms with Gasteiger partial charge in [0.15, 0.2) is 0 Å². The zero-order valence-corrected chi connectivity index (χ0v) is 29.1. The van der Waals surface area contributed by atoms with E-state index in [0.717, 1.165) is 29.2 Å². The van der Waals surface area contributed by atoms with Crippen molar-refractivity contribution in [2.24, 2.45) is 0 Å². The van der Waals surface area contributed by atoms with Gasteiger partial charge in [0.1, 0.15) is 0 Å². The lowest BCUT2D eigenvalue weighted by molar-refractivity contribution is 1.16. The lowest BCUT2D eigenvalue weighted by Crippen LogP contribution is -2.15. The molecule has 2 heteroatoms. The number of nitrogens with zero attached hydrogens (tertiary/aromatic N) is 2. The van der Waals surface area contributed by atoms with Crippen LogP contribution in [0, 0.1) is 0 Å². The van der Waals surface area contributed by atoms with Crippen molar-refractivity contribution >= 4 is 33.2 Å². The maximum absolute atomic E-state index is 2.40. The Hall–Kier alpha value is -6.38. The highest BCUT2D eigenvalue weighted by atomic mass is 15.1. The molecule has 0 atom stereocenters. The second-order valence-electron chi connectivity index (χ2n) is 12.8. The second kappa shape index (κ2) is 14.2. The number of para-hydroxylation sites is 2. The number of aromatic nitrogens is 1. The molecule has 0 spiro atoms. The average molecular weight is 657 g/mol. The number of benzene rings is 7. The van der Waals surface area contributed by atoms with Crippen LogP contribution in [0.5, 0.6) is 0 Å². The topological polar surface area (TPSA) is 8.17 Å². The molecule has 0 aliphatic heterocycles.